The highest BCUT2D eigenvalue weighted by Gasteiger charge is 1.59. The molecule has 2 heteroatoms. The Morgan fingerprint density at radius 2 is 2.25 bits per heavy atom. The molecule has 0 saturated carbocycles. The van der Waals surface area contributed by atoms with E-state index in [0.29, 0.717) is 0 Å². The first kappa shape index (κ1) is 4.28. The lowest BCUT2D eigenvalue weighted by Crippen LogP contribution is -1.48. The summed E-state index contributed by atoms with van der Waals surface area (Å²) < 4.78 is 10.7. The van der Waals surface area contributed by atoms with Crippen LogP contribution in [0.2, 0.25) is 0 Å². The standard InChI is InChI=1S/C2H5FS/c1-4-2-3/h2H2,1H3. The normalized spacial score (nSPS) is 7.50. The maximum absolute atomic E-state index is 10.7. The second kappa shape index (κ2) is 3.28. The molecule has 4 heavy (non-hydrogen) atoms. The minimum absolute atomic E-state index is 0.264. The van der Waals surface area contributed by atoms with Crippen molar-refractivity contribution in [2.75, 3.05) is 12.3 Å². The topological polar surface area (TPSA) is 0 Å². The number of hydrogen-bond donors (Lipinski definition) is 0. The number of alkyl halides is 1. The van der Waals surface area contributed by atoms with Crippen molar-refractivity contribution >= 4 is 11.8 Å². The van der Waals surface area contributed by atoms with E-state index in [0.717, 1.165) is 0 Å². The van der Waals surface area contributed by atoms with Gasteiger partial charge in [-0.3, -0.25) is 0 Å². The van der Waals surface area contributed by atoms with Crippen LogP contribution in [0.1, 0.15) is 0 Å². The van der Waals surface area contributed by atoms with E-state index in [1.165, 1.54) is 11.8 Å². The molecule has 0 N–H and O–H groups in total. The molecular formula is C2H5FS. The fourth-order valence-corrected chi connectivity index (χ4v) is 0. The zero-order valence-electron chi connectivity index (χ0n) is 2.49. The van der Waals surface area contributed by atoms with E-state index in [1.54, 1.807) is 6.26 Å². The van der Waals surface area contributed by atoms with Crippen LogP contribution in [0.5, 0.6) is 0 Å². The zero-order valence-corrected chi connectivity index (χ0v) is 3.31. The van der Waals surface area contributed by atoms with E-state index in [9.17, 15) is 4.39 Å². The van der Waals surface area contributed by atoms with E-state index < -0.39 is 0 Å². The van der Waals surface area contributed by atoms with Gasteiger partial charge in [-0.1, -0.05) is 0 Å². The molecule has 0 rings (SSSR count). The quantitative estimate of drug-likeness (QED) is 0.457. The molecule has 0 radical (unpaired) electrons. The average molecular weight is 80.1 g/mol. The molecular weight excluding hydrogens is 75.1 g/mol. The van der Waals surface area contributed by atoms with Gasteiger partial charge in [-0.25, -0.2) is 4.39 Å². The third kappa shape index (κ3) is 2.28. The van der Waals surface area contributed by atoms with Crippen LogP contribution in [0, 0.1) is 0 Å². The zero-order chi connectivity index (χ0) is 3.41. The van der Waals surface area contributed by atoms with Gasteiger partial charge in [0.1, 0.15) is 6.01 Å². The molecule has 0 aromatic carbocycles. The SMILES string of the molecule is CSCF. The summed E-state index contributed by atoms with van der Waals surface area (Å²) in [6.45, 7) is 0. The molecule has 0 spiro atoms. The van der Waals surface area contributed by atoms with Crippen molar-refractivity contribution in [3.63, 3.8) is 0 Å². The number of thioether (sulfide) groups is 1. The summed E-state index contributed by atoms with van der Waals surface area (Å²) in [5, 5.41) is 0. The molecule has 0 aromatic rings. The largest absolute Gasteiger partial charge is 0.239 e. The summed E-state index contributed by atoms with van der Waals surface area (Å²) in [5.74, 6) is 0. The first-order valence-electron chi connectivity index (χ1n) is 0.964. The Bertz CT molecular complexity index is 8.00. The van der Waals surface area contributed by atoms with Crippen LogP contribution >= 0.6 is 11.8 Å². The monoisotopic (exact) mass is 80.0 g/mol. The average Bonchev–Trinajstić information content (AvgIpc) is 1.37. The fraction of sp³-hybridized carbons (Fsp3) is 1.00. The first-order chi connectivity index (χ1) is 1.91. The number of rotatable bonds is 1. The van der Waals surface area contributed by atoms with Crippen molar-refractivity contribution in [3.8, 4) is 0 Å². The lowest BCUT2D eigenvalue weighted by Gasteiger charge is -1.66. The summed E-state index contributed by atoms with van der Waals surface area (Å²) >= 11 is 1.19. The van der Waals surface area contributed by atoms with Crippen molar-refractivity contribution in [1.82, 2.24) is 0 Å². The van der Waals surface area contributed by atoms with E-state index in [1.807, 2.05) is 0 Å². The molecule has 0 atom stereocenters. The third-order valence-corrected chi connectivity index (χ3v) is 0.327. The molecule has 0 saturated heterocycles. The fourth-order valence-electron chi connectivity index (χ4n) is 0. The van der Waals surface area contributed by atoms with Gasteiger partial charge in [0.2, 0.25) is 0 Å². The van der Waals surface area contributed by atoms with Gasteiger partial charge in [0.15, 0.2) is 0 Å². The summed E-state index contributed by atoms with van der Waals surface area (Å²) in [4.78, 5) is 0. The highest BCUT2D eigenvalue weighted by atomic mass is 32.2. The van der Waals surface area contributed by atoms with Crippen molar-refractivity contribution < 1.29 is 4.39 Å². The van der Waals surface area contributed by atoms with Crippen LogP contribution in [0.4, 0.5) is 4.39 Å². The Morgan fingerprint density at radius 1 is 2.00 bits per heavy atom. The Balaban J connectivity index is 1.97. The second-order valence-corrected chi connectivity index (χ2v) is 1.19. The molecule has 0 heterocycles. The molecule has 0 aliphatic carbocycles. The number of halogens is 1. The van der Waals surface area contributed by atoms with Crippen LogP contribution < -0.4 is 0 Å². The van der Waals surface area contributed by atoms with Crippen LogP contribution in [0.25, 0.3) is 0 Å². The molecule has 0 amide bonds. The molecule has 0 nitrogen and oxygen atoms in total. The van der Waals surface area contributed by atoms with Gasteiger partial charge >= 0.3 is 0 Å². The summed E-state index contributed by atoms with van der Waals surface area (Å²) in [5.41, 5.74) is 0. The van der Waals surface area contributed by atoms with Gasteiger partial charge in [0, 0.05) is 0 Å². The Kier molecular flexibility index (Phi) is 3.51. The minimum atomic E-state index is -0.264. The highest BCUT2D eigenvalue weighted by Crippen LogP contribution is 1.86. The maximum Gasteiger partial charge on any atom is 0.135 e. The van der Waals surface area contributed by atoms with Gasteiger partial charge < -0.3 is 0 Å². The van der Waals surface area contributed by atoms with Crippen molar-refractivity contribution in [1.29, 1.82) is 0 Å². The van der Waals surface area contributed by atoms with E-state index in [2.05, 4.69) is 0 Å². The highest BCUT2D eigenvalue weighted by molar-refractivity contribution is 7.98. The minimum Gasteiger partial charge on any atom is -0.239 e. The van der Waals surface area contributed by atoms with Crippen molar-refractivity contribution in [2.45, 2.75) is 0 Å². The Labute approximate surface area is 29.4 Å². The summed E-state index contributed by atoms with van der Waals surface area (Å²) in [6, 6.07) is -0.264. The van der Waals surface area contributed by atoms with Crippen LogP contribution in [0.15, 0.2) is 0 Å². The number of hydrogen-bond acceptors (Lipinski definition) is 1. The van der Waals surface area contributed by atoms with E-state index in [-0.39, 0.29) is 6.01 Å². The van der Waals surface area contributed by atoms with E-state index >= 15 is 0 Å². The predicted octanol–water partition coefficient (Wildman–Crippen LogP) is 1.28. The smallest absolute Gasteiger partial charge is 0.135 e. The summed E-state index contributed by atoms with van der Waals surface area (Å²) in [7, 11) is 0. The third-order valence-electron chi connectivity index (χ3n) is 0.109. The Morgan fingerprint density at radius 3 is 2.25 bits per heavy atom. The van der Waals surface area contributed by atoms with E-state index in [4.69, 9.17) is 0 Å². The molecule has 0 aliphatic heterocycles. The molecule has 26 valence electrons. The molecule has 0 bridgehead atoms. The van der Waals surface area contributed by atoms with Gasteiger partial charge in [-0.15, -0.1) is 11.8 Å². The molecule has 0 aromatic heterocycles. The van der Waals surface area contributed by atoms with Crippen LogP contribution in [-0.4, -0.2) is 12.3 Å². The Hall–Kier alpha value is 0.280. The lowest BCUT2D eigenvalue weighted by molar-refractivity contribution is 0.606. The predicted molar refractivity (Wildman–Crippen MR) is 19.5 cm³/mol. The lowest BCUT2D eigenvalue weighted by atomic mass is 11.8. The van der Waals surface area contributed by atoms with Gasteiger partial charge in [-0.05, 0) is 6.26 Å². The molecule has 0 unspecified atom stereocenters. The van der Waals surface area contributed by atoms with Gasteiger partial charge in [0.05, 0.1) is 0 Å². The van der Waals surface area contributed by atoms with Crippen LogP contribution in [-0.2, 0) is 0 Å². The molecule has 0 fully saturated rings. The molecule has 0 aliphatic rings. The first-order valence-corrected chi connectivity index (χ1v) is 2.36. The van der Waals surface area contributed by atoms with Crippen molar-refractivity contribution in [2.24, 2.45) is 0 Å². The van der Waals surface area contributed by atoms with Gasteiger partial charge in [-0.2, -0.15) is 0 Å². The van der Waals surface area contributed by atoms with Crippen molar-refractivity contribution in [3.05, 3.63) is 0 Å². The van der Waals surface area contributed by atoms with Crippen LogP contribution in [0.3, 0.4) is 0 Å². The maximum atomic E-state index is 10.7. The second-order valence-electron chi connectivity index (χ2n) is 0.398. The van der Waals surface area contributed by atoms with Gasteiger partial charge in [0.25, 0.3) is 0 Å². The summed E-state index contributed by atoms with van der Waals surface area (Å²) in [6.07, 6.45) is 1.72.